The third kappa shape index (κ3) is 2.93. The Morgan fingerprint density at radius 3 is 2.78 bits per heavy atom. The number of hydrogen-bond donors (Lipinski definition) is 2. The molecule has 118 valence electrons. The SMILES string of the molecule is Cc1cc(C(=O)N[C@@H](CO)c2ccccc2)c2cnn(C)c2n1. The average molecular weight is 310 g/mol. The van der Waals surface area contributed by atoms with Gasteiger partial charge in [-0.3, -0.25) is 9.48 Å². The van der Waals surface area contributed by atoms with Crippen molar-refractivity contribution in [3.8, 4) is 0 Å². The molecule has 0 unspecified atom stereocenters. The van der Waals surface area contributed by atoms with E-state index >= 15 is 0 Å². The molecule has 6 nitrogen and oxygen atoms in total. The zero-order chi connectivity index (χ0) is 16.4. The van der Waals surface area contributed by atoms with Crippen molar-refractivity contribution in [2.24, 2.45) is 7.05 Å². The van der Waals surface area contributed by atoms with Gasteiger partial charge in [0.25, 0.3) is 5.91 Å². The fourth-order valence-electron chi connectivity index (χ4n) is 2.58. The number of rotatable bonds is 4. The minimum absolute atomic E-state index is 0.171. The molecule has 0 aliphatic carbocycles. The van der Waals surface area contributed by atoms with Gasteiger partial charge in [0.15, 0.2) is 5.65 Å². The highest BCUT2D eigenvalue weighted by atomic mass is 16.3. The van der Waals surface area contributed by atoms with Gasteiger partial charge in [-0.2, -0.15) is 5.10 Å². The van der Waals surface area contributed by atoms with Crippen molar-refractivity contribution < 1.29 is 9.90 Å². The molecule has 1 amide bonds. The molecule has 0 fully saturated rings. The summed E-state index contributed by atoms with van der Waals surface area (Å²) in [5.41, 5.74) is 2.77. The third-order valence-electron chi connectivity index (χ3n) is 3.77. The van der Waals surface area contributed by atoms with Gasteiger partial charge >= 0.3 is 0 Å². The number of benzene rings is 1. The highest BCUT2D eigenvalue weighted by Crippen LogP contribution is 2.19. The van der Waals surface area contributed by atoms with E-state index in [9.17, 15) is 9.90 Å². The summed E-state index contributed by atoms with van der Waals surface area (Å²) in [4.78, 5) is 17.1. The maximum atomic E-state index is 12.7. The van der Waals surface area contributed by atoms with Crippen LogP contribution in [0.15, 0.2) is 42.6 Å². The monoisotopic (exact) mass is 310 g/mol. The Hall–Kier alpha value is -2.73. The van der Waals surface area contributed by atoms with E-state index < -0.39 is 6.04 Å². The van der Waals surface area contributed by atoms with E-state index in [0.29, 0.717) is 16.6 Å². The van der Waals surface area contributed by atoms with Crippen LogP contribution in [0.1, 0.15) is 27.7 Å². The molecule has 1 atom stereocenters. The number of nitrogens with one attached hydrogen (secondary N) is 1. The topological polar surface area (TPSA) is 80.0 Å². The summed E-state index contributed by atoms with van der Waals surface area (Å²) in [6.45, 7) is 1.67. The first-order valence-electron chi connectivity index (χ1n) is 7.36. The maximum Gasteiger partial charge on any atom is 0.252 e. The number of aliphatic hydroxyl groups excluding tert-OH is 1. The summed E-state index contributed by atoms with van der Waals surface area (Å²) < 4.78 is 1.64. The highest BCUT2D eigenvalue weighted by molar-refractivity contribution is 6.05. The second-order valence-corrected chi connectivity index (χ2v) is 5.44. The van der Waals surface area contributed by atoms with Gasteiger partial charge in [0.1, 0.15) is 0 Å². The molecule has 0 radical (unpaired) electrons. The lowest BCUT2D eigenvalue weighted by Crippen LogP contribution is -2.31. The van der Waals surface area contributed by atoms with E-state index in [1.807, 2.05) is 37.3 Å². The van der Waals surface area contributed by atoms with Gasteiger partial charge in [0.2, 0.25) is 0 Å². The van der Waals surface area contributed by atoms with Crippen molar-refractivity contribution in [1.29, 1.82) is 0 Å². The molecule has 0 saturated carbocycles. The fraction of sp³-hybridized carbons (Fsp3) is 0.235. The van der Waals surface area contributed by atoms with Crippen LogP contribution in [-0.2, 0) is 7.05 Å². The first-order valence-corrected chi connectivity index (χ1v) is 7.36. The van der Waals surface area contributed by atoms with Crippen molar-refractivity contribution in [3.05, 3.63) is 59.4 Å². The van der Waals surface area contributed by atoms with E-state index in [0.717, 1.165) is 11.3 Å². The average Bonchev–Trinajstić information content (AvgIpc) is 2.93. The van der Waals surface area contributed by atoms with Crippen molar-refractivity contribution >= 4 is 16.9 Å². The fourth-order valence-corrected chi connectivity index (χ4v) is 2.58. The third-order valence-corrected chi connectivity index (χ3v) is 3.77. The predicted molar refractivity (Wildman–Crippen MR) is 87.0 cm³/mol. The molecule has 0 aliphatic rings. The van der Waals surface area contributed by atoms with Crippen LogP contribution < -0.4 is 5.32 Å². The van der Waals surface area contributed by atoms with E-state index in [1.54, 1.807) is 24.0 Å². The molecule has 2 N–H and O–H groups in total. The normalized spacial score (nSPS) is 12.3. The summed E-state index contributed by atoms with van der Waals surface area (Å²) in [5, 5.41) is 17.3. The molecule has 0 spiro atoms. The second kappa shape index (κ2) is 6.18. The number of carbonyl (C=O) groups is 1. The Kier molecular flexibility index (Phi) is 4.08. The largest absolute Gasteiger partial charge is 0.394 e. The van der Waals surface area contributed by atoms with Crippen LogP contribution in [0.3, 0.4) is 0 Å². The Morgan fingerprint density at radius 1 is 1.35 bits per heavy atom. The lowest BCUT2D eigenvalue weighted by Gasteiger charge is -2.17. The Bertz CT molecular complexity index is 842. The van der Waals surface area contributed by atoms with Crippen LogP contribution in [-0.4, -0.2) is 32.4 Å². The van der Waals surface area contributed by atoms with Crippen LogP contribution in [0.5, 0.6) is 0 Å². The summed E-state index contributed by atoms with van der Waals surface area (Å²) >= 11 is 0. The van der Waals surface area contributed by atoms with Gasteiger partial charge < -0.3 is 10.4 Å². The molecular weight excluding hydrogens is 292 g/mol. The number of aliphatic hydroxyl groups is 1. The molecule has 6 heteroatoms. The van der Waals surface area contributed by atoms with Crippen molar-refractivity contribution in [1.82, 2.24) is 20.1 Å². The maximum absolute atomic E-state index is 12.7. The number of nitrogens with zero attached hydrogens (tertiary/aromatic N) is 3. The molecule has 2 heterocycles. The van der Waals surface area contributed by atoms with Crippen molar-refractivity contribution in [2.75, 3.05) is 6.61 Å². The van der Waals surface area contributed by atoms with Gasteiger partial charge in [-0.15, -0.1) is 0 Å². The molecular formula is C17H18N4O2. The number of aryl methyl sites for hydroxylation is 2. The number of fused-ring (bicyclic) bond motifs is 1. The van der Waals surface area contributed by atoms with Crippen LogP contribution in [0.4, 0.5) is 0 Å². The van der Waals surface area contributed by atoms with Crippen LogP contribution in [0, 0.1) is 6.92 Å². The van der Waals surface area contributed by atoms with Crippen molar-refractivity contribution in [3.63, 3.8) is 0 Å². The quantitative estimate of drug-likeness (QED) is 0.769. The molecule has 0 saturated heterocycles. The number of amides is 1. The number of aromatic nitrogens is 3. The van der Waals surface area contributed by atoms with Gasteiger partial charge in [-0.1, -0.05) is 30.3 Å². The van der Waals surface area contributed by atoms with E-state index in [2.05, 4.69) is 15.4 Å². The van der Waals surface area contributed by atoms with E-state index in [1.165, 1.54) is 0 Å². The van der Waals surface area contributed by atoms with E-state index in [-0.39, 0.29) is 12.5 Å². The first-order chi connectivity index (χ1) is 11.1. The second-order valence-electron chi connectivity index (χ2n) is 5.44. The molecule has 3 aromatic rings. The highest BCUT2D eigenvalue weighted by Gasteiger charge is 2.18. The zero-order valence-electron chi connectivity index (χ0n) is 13.0. The minimum Gasteiger partial charge on any atom is -0.394 e. The minimum atomic E-state index is -0.455. The summed E-state index contributed by atoms with van der Waals surface area (Å²) in [6, 6.07) is 10.7. The molecule has 0 bridgehead atoms. The van der Waals surface area contributed by atoms with Gasteiger partial charge in [0, 0.05) is 12.7 Å². The molecule has 1 aromatic carbocycles. The number of carbonyl (C=O) groups excluding carboxylic acids is 1. The Balaban J connectivity index is 1.94. The summed E-state index contributed by atoms with van der Waals surface area (Å²) in [6.07, 6.45) is 1.63. The predicted octanol–water partition coefficient (Wildman–Crippen LogP) is 1.74. The van der Waals surface area contributed by atoms with Gasteiger partial charge in [-0.25, -0.2) is 4.98 Å². The number of hydrogen-bond acceptors (Lipinski definition) is 4. The standard InChI is InChI=1S/C17H18N4O2/c1-11-8-13(14-9-18-21(2)16(14)19-11)17(23)20-15(10-22)12-6-4-3-5-7-12/h3-9,15,22H,10H2,1-2H3,(H,20,23)/t15-/m0/s1. The smallest absolute Gasteiger partial charge is 0.252 e. The lowest BCUT2D eigenvalue weighted by atomic mass is 10.1. The number of pyridine rings is 1. The first kappa shape index (κ1) is 15.2. The van der Waals surface area contributed by atoms with Crippen molar-refractivity contribution in [2.45, 2.75) is 13.0 Å². The van der Waals surface area contributed by atoms with Crippen LogP contribution in [0.2, 0.25) is 0 Å². The van der Waals surface area contributed by atoms with Crippen LogP contribution >= 0.6 is 0 Å². The molecule has 3 rings (SSSR count). The Morgan fingerprint density at radius 2 is 2.09 bits per heavy atom. The Labute approximate surface area is 133 Å². The molecule has 2 aromatic heterocycles. The summed E-state index contributed by atoms with van der Waals surface area (Å²) in [7, 11) is 1.79. The van der Waals surface area contributed by atoms with Gasteiger partial charge in [0.05, 0.1) is 29.8 Å². The van der Waals surface area contributed by atoms with E-state index in [4.69, 9.17) is 0 Å². The molecule has 23 heavy (non-hydrogen) atoms. The zero-order valence-corrected chi connectivity index (χ0v) is 13.0. The lowest BCUT2D eigenvalue weighted by molar-refractivity contribution is 0.0917. The summed E-state index contributed by atoms with van der Waals surface area (Å²) in [5.74, 6) is -0.253. The molecule has 0 aliphatic heterocycles. The van der Waals surface area contributed by atoms with Crippen LogP contribution in [0.25, 0.3) is 11.0 Å². The van der Waals surface area contributed by atoms with Gasteiger partial charge in [-0.05, 0) is 18.6 Å².